The number of rotatable bonds is 1. The molecular weight excluding hydrogens is 218 g/mol. The van der Waals surface area contributed by atoms with Crippen LogP contribution < -0.4 is 5.32 Å². The zero-order valence-electron chi connectivity index (χ0n) is 7.93. The highest BCUT2D eigenvalue weighted by molar-refractivity contribution is 7.92. The standard InChI is InChI=1S/C9H13NO2S2/c1-7-9(8-3-2-5-13-8)10-4-6-14(7,11)12/h2-3,5,7,9-10H,4,6H2,1H3. The van der Waals surface area contributed by atoms with Crippen molar-refractivity contribution in [3.63, 3.8) is 0 Å². The molecule has 1 fully saturated rings. The first-order valence-electron chi connectivity index (χ1n) is 4.59. The Morgan fingerprint density at radius 3 is 3.00 bits per heavy atom. The van der Waals surface area contributed by atoms with Gasteiger partial charge in [-0.05, 0) is 18.4 Å². The molecule has 0 saturated carbocycles. The van der Waals surface area contributed by atoms with E-state index in [4.69, 9.17) is 0 Å². The zero-order chi connectivity index (χ0) is 10.2. The molecule has 2 heterocycles. The fourth-order valence-corrected chi connectivity index (χ4v) is 4.14. The summed E-state index contributed by atoms with van der Waals surface area (Å²) in [6, 6.07) is 3.92. The van der Waals surface area contributed by atoms with E-state index in [1.807, 2.05) is 17.5 Å². The van der Waals surface area contributed by atoms with E-state index in [0.717, 1.165) is 4.88 Å². The number of sulfone groups is 1. The molecule has 0 spiro atoms. The Hall–Kier alpha value is -0.390. The lowest BCUT2D eigenvalue weighted by atomic mass is 10.2. The van der Waals surface area contributed by atoms with Gasteiger partial charge in [-0.1, -0.05) is 6.07 Å². The molecule has 0 aliphatic carbocycles. The van der Waals surface area contributed by atoms with Crippen LogP contribution in [0.5, 0.6) is 0 Å². The van der Waals surface area contributed by atoms with Crippen LogP contribution in [0.2, 0.25) is 0 Å². The highest BCUT2D eigenvalue weighted by atomic mass is 32.2. The van der Waals surface area contributed by atoms with E-state index in [9.17, 15) is 8.42 Å². The third kappa shape index (κ3) is 1.71. The normalized spacial score (nSPS) is 31.5. The quantitative estimate of drug-likeness (QED) is 0.790. The fraction of sp³-hybridized carbons (Fsp3) is 0.556. The molecule has 0 aromatic carbocycles. The molecule has 1 aliphatic heterocycles. The van der Waals surface area contributed by atoms with Crippen LogP contribution in [0.15, 0.2) is 17.5 Å². The van der Waals surface area contributed by atoms with E-state index in [-0.39, 0.29) is 17.0 Å². The third-order valence-electron chi connectivity index (χ3n) is 2.64. The molecule has 1 aliphatic rings. The number of hydrogen-bond donors (Lipinski definition) is 1. The molecule has 1 saturated heterocycles. The SMILES string of the molecule is CC1C(c2cccs2)NCCS1(=O)=O. The molecule has 0 amide bonds. The zero-order valence-corrected chi connectivity index (χ0v) is 9.57. The molecule has 1 N–H and O–H groups in total. The molecule has 3 nitrogen and oxygen atoms in total. The van der Waals surface area contributed by atoms with Gasteiger partial charge in [-0.25, -0.2) is 8.42 Å². The Morgan fingerprint density at radius 2 is 2.36 bits per heavy atom. The van der Waals surface area contributed by atoms with Crippen LogP contribution >= 0.6 is 11.3 Å². The van der Waals surface area contributed by atoms with Gasteiger partial charge in [0.25, 0.3) is 0 Å². The van der Waals surface area contributed by atoms with Crippen molar-refractivity contribution in [3.8, 4) is 0 Å². The number of nitrogens with one attached hydrogen (secondary N) is 1. The van der Waals surface area contributed by atoms with E-state index in [1.165, 1.54) is 0 Å². The monoisotopic (exact) mass is 231 g/mol. The molecule has 14 heavy (non-hydrogen) atoms. The van der Waals surface area contributed by atoms with Gasteiger partial charge in [0.1, 0.15) is 0 Å². The lowest BCUT2D eigenvalue weighted by Gasteiger charge is -2.29. The molecule has 78 valence electrons. The predicted molar refractivity (Wildman–Crippen MR) is 58.3 cm³/mol. The molecular formula is C9H13NO2S2. The molecule has 2 unspecified atom stereocenters. The summed E-state index contributed by atoms with van der Waals surface area (Å²) in [4.78, 5) is 1.11. The molecule has 1 aromatic heterocycles. The van der Waals surface area contributed by atoms with Gasteiger partial charge in [0.15, 0.2) is 9.84 Å². The summed E-state index contributed by atoms with van der Waals surface area (Å²) < 4.78 is 23.3. The van der Waals surface area contributed by atoms with Crippen LogP contribution in [0.1, 0.15) is 17.8 Å². The summed E-state index contributed by atoms with van der Waals surface area (Å²) in [5.74, 6) is 0.260. The Labute approximate surface area is 88.1 Å². The highest BCUT2D eigenvalue weighted by Gasteiger charge is 2.34. The van der Waals surface area contributed by atoms with Gasteiger partial charge in [-0.15, -0.1) is 11.3 Å². The van der Waals surface area contributed by atoms with Crippen molar-refractivity contribution >= 4 is 21.2 Å². The van der Waals surface area contributed by atoms with Gasteiger partial charge >= 0.3 is 0 Å². The lowest BCUT2D eigenvalue weighted by Crippen LogP contribution is -2.44. The summed E-state index contributed by atoms with van der Waals surface area (Å²) in [7, 11) is -2.89. The van der Waals surface area contributed by atoms with Crippen molar-refractivity contribution in [1.82, 2.24) is 5.32 Å². The van der Waals surface area contributed by atoms with Crippen molar-refractivity contribution in [2.45, 2.75) is 18.2 Å². The molecule has 2 atom stereocenters. The minimum Gasteiger partial charge on any atom is -0.307 e. The van der Waals surface area contributed by atoms with Crippen LogP contribution in [0.25, 0.3) is 0 Å². The smallest absolute Gasteiger partial charge is 0.156 e. The Bertz CT molecular complexity index is 396. The van der Waals surface area contributed by atoms with Gasteiger partial charge in [-0.2, -0.15) is 0 Å². The maximum atomic E-state index is 11.7. The van der Waals surface area contributed by atoms with Gasteiger partial charge in [0.2, 0.25) is 0 Å². The van der Waals surface area contributed by atoms with Gasteiger partial charge in [0.05, 0.1) is 17.0 Å². The summed E-state index contributed by atoms with van der Waals surface area (Å²) in [6.07, 6.45) is 0. The van der Waals surface area contributed by atoms with Crippen molar-refractivity contribution in [2.24, 2.45) is 0 Å². The van der Waals surface area contributed by atoms with Gasteiger partial charge in [-0.3, -0.25) is 0 Å². The molecule has 1 aromatic rings. The fourth-order valence-electron chi connectivity index (χ4n) is 1.72. The second-order valence-electron chi connectivity index (χ2n) is 3.52. The minimum atomic E-state index is -2.89. The van der Waals surface area contributed by atoms with Crippen LogP contribution in [0.4, 0.5) is 0 Å². The average Bonchev–Trinajstić information content (AvgIpc) is 2.62. The van der Waals surface area contributed by atoms with E-state index in [1.54, 1.807) is 18.3 Å². The van der Waals surface area contributed by atoms with Crippen LogP contribution in [0.3, 0.4) is 0 Å². The Balaban J connectivity index is 2.29. The van der Waals surface area contributed by atoms with E-state index in [2.05, 4.69) is 5.32 Å². The molecule has 5 heteroatoms. The summed E-state index contributed by atoms with van der Waals surface area (Å²) in [5.41, 5.74) is 0. The van der Waals surface area contributed by atoms with E-state index in [0.29, 0.717) is 6.54 Å². The maximum Gasteiger partial charge on any atom is 0.156 e. The Morgan fingerprint density at radius 1 is 1.57 bits per heavy atom. The van der Waals surface area contributed by atoms with Gasteiger partial charge < -0.3 is 5.32 Å². The lowest BCUT2D eigenvalue weighted by molar-refractivity contribution is 0.488. The summed E-state index contributed by atoms with van der Waals surface area (Å²) in [6.45, 7) is 2.35. The summed E-state index contributed by atoms with van der Waals surface area (Å²) in [5, 5.41) is 4.92. The highest BCUT2D eigenvalue weighted by Crippen LogP contribution is 2.28. The van der Waals surface area contributed by atoms with Crippen LogP contribution in [-0.2, 0) is 9.84 Å². The second-order valence-corrected chi connectivity index (χ2v) is 6.98. The first-order valence-corrected chi connectivity index (χ1v) is 7.19. The Kier molecular flexibility index (Phi) is 2.64. The number of hydrogen-bond acceptors (Lipinski definition) is 4. The molecule has 0 bridgehead atoms. The van der Waals surface area contributed by atoms with E-state index < -0.39 is 9.84 Å². The third-order valence-corrected chi connectivity index (χ3v) is 5.77. The molecule has 0 radical (unpaired) electrons. The van der Waals surface area contributed by atoms with Crippen LogP contribution in [-0.4, -0.2) is 26.0 Å². The van der Waals surface area contributed by atoms with Crippen LogP contribution in [0, 0.1) is 0 Å². The minimum absolute atomic E-state index is 0.0197. The van der Waals surface area contributed by atoms with Crippen molar-refractivity contribution < 1.29 is 8.42 Å². The first kappa shape index (κ1) is 10.1. The molecule has 2 rings (SSSR count). The van der Waals surface area contributed by atoms with E-state index >= 15 is 0 Å². The maximum absolute atomic E-state index is 11.7. The van der Waals surface area contributed by atoms with Crippen molar-refractivity contribution in [2.75, 3.05) is 12.3 Å². The largest absolute Gasteiger partial charge is 0.307 e. The van der Waals surface area contributed by atoms with Crippen molar-refractivity contribution in [3.05, 3.63) is 22.4 Å². The average molecular weight is 231 g/mol. The number of thiophene rings is 1. The predicted octanol–water partition coefficient (Wildman–Crippen LogP) is 1.20. The second kappa shape index (κ2) is 3.64. The first-order chi connectivity index (χ1) is 6.61. The summed E-state index contributed by atoms with van der Waals surface area (Å²) >= 11 is 1.61. The topological polar surface area (TPSA) is 46.2 Å². The van der Waals surface area contributed by atoms with Gasteiger partial charge in [0, 0.05) is 11.4 Å². The van der Waals surface area contributed by atoms with Crippen molar-refractivity contribution in [1.29, 1.82) is 0 Å².